The molecule has 2 heterocycles. The van der Waals surface area contributed by atoms with Crippen LogP contribution in [-0.4, -0.2) is 46.8 Å². The summed E-state index contributed by atoms with van der Waals surface area (Å²) in [6.45, 7) is 1.46. The average Bonchev–Trinajstić information content (AvgIpc) is 3.11. The summed E-state index contributed by atoms with van der Waals surface area (Å²) in [5.41, 5.74) is 0.123. The topological polar surface area (TPSA) is 41.4 Å². The molecule has 1 aliphatic rings. The van der Waals surface area contributed by atoms with Crippen molar-refractivity contribution in [2.45, 2.75) is 12.7 Å². The van der Waals surface area contributed by atoms with Crippen LogP contribution in [0.2, 0.25) is 5.02 Å². The van der Waals surface area contributed by atoms with Gasteiger partial charge in [-0.25, -0.2) is 4.39 Å². The van der Waals surface area contributed by atoms with Gasteiger partial charge in [0.2, 0.25) is 5.91 Å². The SMILES string of the molecule is O=C(Cn1nc(C(F)(F)F)c(Cl)c1-c1ccccc1)N1CCN(c2ccc(F)cc2)CC1. The van der Waals surface area contributed by atoms with E-state index in [-0.39, 0.29) is 24.0 Å². The van der Waals surface area contributed by atoms with Crippen molar-refractivity contribution in [3.63, 3.8) is 0 Å². The van der Waals surface area contributed by atoms with Gasteiger partial charge in [-0.1, -0.05) is 41.9 Å². The lowest BCUT2D eigenvalue weighted by molar-refractivity contribution is -0.142. The highest BCUT2D eigenvalue weighted by atomic mass is 35.5. The molecule has 0 spiro atoms. The van der Waals surface area contributed by atoms with Gasteiger partial charge in [0, 0.05) is 37.4 Å². The smallest absolute Gasteiger partial charge is 0.368 e. The number of amides is 1. The molecule has 10 heteroatoms. The highest BCUT2D eigenvalue weighted by Gasteiger charge is 2.39. The zero-order valence-electron chi connectivity index (χ0n) is 16.8. The van der Waals surface area contributed by atoms with Crippen molar-refractivity contribution in [3.05, 3.63) is 71.1 Å². The molecule has 0 saturated carbocycles. The summed E-state index contributed by atoms with van der Waals surface area (Å²) < 4.78 is 54.3. The molecule has 1 aliphatic heterocycles. The zero-order valence-corrected chi connectivity index (χ0v) is 17.6. The van der Waals surface area contributed by atoms with Gasteiger partial charge in [-0.05, 0) is 24.3 Å². The molecule has 5 nitrogen and oxygen atoms in total. The number of anilines is 1. The van der Waals surface area contributed by atoms with E-state index in [4.69, 9.17) is 11.6 Å². The Kier molecular flexibility index (Phi) is 6.10. The minimum atomic E-state index is -4.74. The van der Waals surface area contributed by atoms with Gasteiger partial charge in [-0.3, -0.25) is 9.48 Å². The molecule has 0 N–H and O–H groups in total. The van der Waals surface area contributed by atoms with Gasteiger partial charge in [-0.15, -0.1) is 0 Å². The molecule has 0 bridgehead atoms. The molecule has 168 valence electrons. The number of nitrogens with zero attached hydrogens (tertiary/aromatic N) is 4. The largest absolute Gasteiger partial charge is 0.436 e. The minimum absolute atomic E-state index is 0.0536. The number of benzene rings is 2. The molecule has 1 aromatic heterocycles. The maximum absolute atomic E-state index is 13.4. The third-order valence-corrected chi connectivity index (χ3v) is 5.68. The fraction of sp³-hybridized carbons (Fsp3) is 0.273. The van der Waals surface area contributed by atoms with Crippen molar-refractivity contribution in [1.29, 1.82) is 0 Å². The molecule has 0 radical (unpaired) electrons. The van der Waals surface area contributed by atoms with Crippen LogP contribution < -0.4 is 4.90 Å². The van der Waals surface area contributed by atoms with Crippen molar-refractivity contribution in [2.75, 3.05) is 31.1 Å². The predicted octanol–water partition coefficient (Wildman–Crippen LogP) is 4.71. The number of aromatic nitrogens is 2. The van der Waals surface area contributed by atoms with Crippen LogP contribution in [0.1, 0.15) is 5.69 Å². The summed E-state index contributed by atoms with van der Waals surface area (Å²) in [6.07, 6.45) is -4.74. The maximum atomic E-state index is 13.4. The zero-order chi connectivity index (χ0) is 22.9. The van der Waals surface area contributed by atoms with Gasteiger partial charge in [0.05, 0.1) is 10.7 Å². The van der Waals surface area contributed by atoms with E-state index in [1.807, 2.05) is 4.90 Å². The molecule has 3 aromatic rings. The summed E-state index contributed by atoms with van der Waals surface area (Å²) in [5.74, 6) is -0.679. The summed E-state index contributed by atoms with van der Waals surface area (Å²) in [4.78, 5) is 16.5. The average molecular weight is 467 g/mol. The van der Waals surface area contributed by atoms with Crippen LogP contribution in [0.5, 0.6) is 0 Å². The van der Waals surface area contributed by atoms with E-state index in [1.165, 1.54) is 12.1 Å². The Morgan fingerprint density at radius 1 is 0.969 bits per heavy atom. The van der Waals surface area contributed by atoms with Crippen LogP contribution in [0.3, 0.4) is 0 Å². The van der Waals surface area contributed by atoms with Crippen LogP contribution in [-0.2, 0) is 17.5 Å². The van der Waals surface area contributed by atoms with Crippen molar-refractivity contribution in [3.8, 4) is 11.3 Å². The summed E-state index contributed by atoms with van der Waals surface area (Å²) in [7, 11) is 0. The Morgan fingerprint density at radius 3 is 2.19 bits per heavy atom. The Balaban J connectivity index is 1.51. The lowest BCUT2D eigenvalue weighted by Crippen LogP contribution is -2.49. The fourth-order valence-electron chi connectivity index (χ4n) is 3.70. The van der Waals surface area contributed by atoms with E-state index in [9.17, 15) is 22.4 Å². The monoisotopic (exact) mass is 466 g/mol. The highest BCUT2D eigenvalue weighted by Crippen LogP contribution is 2.39. The highest BCUT2D eigenvalue weighted by molar-refractivity contribution is 6.33. The van der Waals surface area contributed by atoms with Gasteiger partial charge >= 0.3 is 6.18 Å². The third-order valence-electron chi connectivity index (χ3n) is 5.32. The molecule has 1 fully saturated rings. The Morgan fingerprint density at radius 2 is 1.59 bits per heavy atom. The van der Waals surface area contributed by atoms with Crippen LogP contribution >= 0.6 is 11.6 Å². The first kappa shape index (κ1) is 22.1. The summed E-state index contributed by atoms with van der Waals surface area (Å²) in [5, 5.41) is 3.10. The number of piperazine rings is 1. The van der Waals surface area contributed by atoms with Crippen molar-refractivity contribution in [2.24, 2.45) is 0 Å². The first-order valence-corrected chi connectivity index (χ1v) is 10.3. The molecule has 1 saturated heterocycles. The van der Waals surface area contributed by atoms with Gasteiger partial charge in [0.15, 0.2) is 5.69 Å². The quantitative estimate of drug-likeness (QED) is 0.523. The van der Waals surface area contributed by atoms with Crippen LogP contribution in [0.4, 0.5) is 23.2 Å². The number of rotatable bonds is 4. The Labute approximate surface area is 186 Å². The molecular weight excluding hydrogens is 448 g/mol. The van der Waals surface area contributed by atoms with Gasteiger partial charge in [0.1, 0.15) is 12.4 Å². The van der Waals surface area contributed by atoms with Crippen molar-refractivity contribution >= 4 is 23.2 Å². The standard InChI is InChI=1S/C22H19ClF4N4O/c23-19-20(15-4-2-1-3-5-15)31(28-21(19)22(25,26)27)14-18(32)30-12-10-29(11-13-30)17-8-6-16(24)7-9-17/h1-9H,10-14H2. The van der Waals surface area contributed by atoms with E-state index in [0.717, 1.165) is 10.4 Å². The van der Waals surface area contributed by atoms with E-state index in [1.54, 1.807) is 47.4 Å². The minimum Gasteiger partial charge on any atom is -0.368 e. The molecule has 0 aliphatic carbocycles. The summed E-state index contributed by atoms with van der Waals surface area (Å²) in [6, 6.07) is 14.4. The van der Waals surface area contributed by atoms with Gasteiger partial charge in [-0.2, -0.15) is 18.3 Å². The second-order valence-electron chi connectivity index (χ2n) is 7.38. The Bertz CT molecular complexity index is 1090. The number of alkyl halides is 3. The maximum Gasteiger partial charge on any atom is 0.436 e. The van der Waals surface area contributed by atoms with E-state index >= 15 is 0 Å². The fourth-order valence-corrected chi connectivity index (χ4v) is 4.05. The van der Waals surface area contributed by atoms with Crippen molar-refractivity contribution < 1.29 is 22.4 Å². The number of hydrogen-bond acceptors (Lipinski definition) is 3. The molecule has 2 aromatic carbocycles. The number of carbonyl (C=O) groups is 1. The second kappa shape index (κ2) is 8.82. The number of hydrogen-bond donors (Lipinski definition) is 0. The Hall–Kier alpha value is -3.07. The second-order valence-corrected chi connectivity index (χ2v) is 7.75. The molecule has 4 rings (SSSR count). The number of halogens is 5. The third kappa shape index (κ3) is 4.57. The lowest BCUT2D eigenvalue weighted by atomic mass is 10.1. The van der Waals surface area contributed by atoms with Gasteiger partial charge in [0.25, 0.3) is 0 Å². The lowest BCUT2D eigenvalue weighted by Gasteiger charge is -2.36. The summed E-state index contributed by atoms with van der Waals surface area (Å²) >= 11 is 6.05. The number of carbonyl (C=O) groups excluding carboxylic acids is 1. The molecular formula is C22H19ClF4N4O. The first-order valence-electron chi connectivity index (χ1n) is 9.91. The molecule has 1 amide bonds. The van der Waals surface area contributed by atoms with Gasteiger partial charge < -0.3 is 9.80 Å². The van der Waals surface area contributed by atoms with E-state index in [2.05, 4.69) is 5.10 Å². The molecule has 32 heavy (non-hydrogen) atoms. The van der Waals surface area contributed by atoms with Crippen LogP contribution in [0.25, 0.3) is 11.3 Å². The first-order chi connectivity index (χ1) is 15.2. The van der Waals surface area contributed by atoms with Crippen molar-refractivity contribution in [1.82, 2.24) is 14.7 Å². The normalized spacial score (nSPS) is 14.7. The van der Waals surface area contributed by atoms with Crippen LogP contribution in [0.15, 0.2) is 54.6 Å². The van der Waals surface area contributed by atoms with E-state index in [0.29, 0.717) is 31.7 Å². The van der Waals surface area contributed by atoms with E-state index < -0.39 is 16.9 Å². The molecule has 0 unspecified atom stereocenters. The molecule has 0 atom stereocenters. The van der Waals surface area contributed by atoms with Crippen LogP contribution in [0, 0.1) is 5.82 Å². The predicted molar refractivity (Wildman–Crippen MR) is 113 cm³/mol.